The summed E-state index contributed by atoms with van der Waals surface area (Å²) in [5.74, 6) is 0. The van der Waals surface area contributed by atoms with E-state index in [0.717, 1.165) is 12.2 Å². The Labute approximate surface area is 54.6 Å². The molecular formula is C5H12N4. The predicted octanol–water partition coefficient (Wildman–Crippen LogP) is -0.869. The summed E-state index contributed by atoms with van der Waals surface area (Å²) in [6.45, 7) is 3.56. The van der Waals surface area contributed by atoms with Gasteiger partial charge in [0.1, 0.15) is 0 Å². The minimum atomic E-state index is 0.559. The van der Waals surface area contributed by atoms with Crippen molar-refractivity contribution in [3.05, 3.63) is 11.9 Å². The fourth-order valence-corrected chi connectivity index (χ4v) is 0.670. The normalized spacial score (nSPS) is 17.6. The Morgan fingerprint density at radius 2 is 2.56 bits per heavy atom. The minimum absolute atomic E-state index is 0.559. The van der Waals surface area contributed by atoms with E-state index in [0.29, 0.717) is 6.54 Å². The highest BCUT2D eigenvalue weighted by molar-refractivity contribution is 5.02. The van der Waals surface area contributed by atoms with Crippen molar-refractivity contribution >= 4 is 0 Å². The van der Waals surface area contributed by atoms with E-state index in [-0.39, 0.29) is 0 Å². The molecule has 0 bridgehead atoms. The van der Waals surface area contributed by atoms with Crippen LogP contribution < -0.4 is 16.7 Å². The van der Waals surface area contributed by atoms with Crippen LogP contribution in [0.1, 0.15) is 6.92 Å². The molecule has 0 saturated heterocycles. The maximum Gasteiger partial charge on any atom is 0.0589 e. The van der Waals surface area contributed by atoms with Gasteiger partial charge >= 0.3 is 0 Å². The number of nitrogens with one attached hydrogen (secondary N) is 2. The average molecular weight is 128 g/mol. The molecule has 0 aromatic rings. The molecule has 4 heteroatoms. The minimum Gasteiger partial charge on any atom is -0.325 e. The van der Waals surface area contributed by atoms with Gasteiger partial charge in [0.25, 0.3) is 0 Å². The van der Waals surface area contributed by atoms with Gasteiger partial charge in [0, 0.05) is 19.3 Å². The highest BCUT2D eigenvalue weighted by atomic mass is 15.7. The number of nitrogens with two attached hydrogens (primary N) is 1. The lowest BCUT2D eigenvalue weighted by molar-refractivity contribution is 0.284. The largest absolute Gasteiger partial charge is 0.325 e. The van der Waals surface area contributed by atoms with E-state index < -0.39 is 0 Å². The van der Waals surface area contributed by atoms with Gasteiger partial charge in [-0.15, -0.1) is 5.53 Å². The van der Waals surface area contributed by atoms with E-state index in [2.05, 4.69) is 17.9 Å². The third kappa shape index (κ3) is 1.34. The number of nitrogens with zero attached hydrogens (tertiary/aromatic N) is 1. The molecule has 1 heterocycles. The first kappa shape index (κ1) is 6.38. The van der Waals surface area contributed by atoms with E-state index in [1.807, 2.05) is 11.2 Å². The summed E-state index contributed by atoms with van der Waals surface area (Å²) in [7, 11) is 0. The monoisotopic (exact) mass is 128 g/mol. The Hall–Kier alpha value is -0.740. The first-order valence-corrected chi connectivity index (χ1v) is 3.06. The average Bonchev–Trinajstić information content (AvgIpc) is 2.34. The second kappa shape index (κ2) is 2.70. The van der Waals surface area contributed by atoms with Gasteiger partial charge in [0.15, 0.2) is 0 Å². The molecule has 4 nitrogen and oxygen atoms in total. The summed E-state index contributed by atoms with van der Waals surface area (Å²) in [4.78, 5) is 0. The van der Waals surface area contributed by atoms with Crippen LogP contribution in [0.3, 0.4) is 0 Å². The molecular weight excluding hydrogens is 116 g/mol. The fraction of sp³-hybridized carbons (Fsp3) is 0.600. The predicted molar refractivity (Wildman–Crippen MR) is 35.8 cm³/mol. The van der Waals surface area contributed by atoms with Crippen LogP contribution in [0.2, 0.25) is 0 Å². The molecule has 1 aliphatic heterocycles. The van der Waals surface area contributed by atoms with Crippen molar-refractivity contribution < 1.29 is 0 Å². The Kier molecular flexibility index (Phi) is 1.92. The van der Waals surface area contributed by atoms with Gasteiger partial charge in [-0.25, -0.2) is 0 Å². The van der Waals surface area contributed by atoms with Crippen LogP contribution in [0.5, 0.6) is 0 Å². The first-order chi connectivity index (χ1) is 4.36. The molecule has 0 aromatic carbocycles. The van der Waals surface area contributed by atoms with Crippen LogP contribution in [0, 0.1) is 0 Å². The molecule has 0 atom stereocenters. The molecule has 4 N–H and O–H groups in total. The topological polar surface area (TPSA) is 53.3 Å². The Morgan fingerprint density at radius 1 is 1.78 bits per heavy atom. The standard InChI is InChI=1S/C5H12N4/c1-2-9-4-5(3-6)7-8-9/h4,7-8H,2-3,6H2,1H3. The van der Waals surface area contributed by atoms with Gasteiger partial charge in [-0.3, -0.25) is 5.01 Å². The molecule has 52 valence electrons. The van der Waals surface area contributed by atoms with Crippen molar-refractivity contribution in [2.75, 3.05) is 13.1 Å². The number of hydrogen-bond donors (Lipinski definition) is 3. The smallest absolute Gasteiger partial charge is 0.0589 e. The van der Waals surface area contributed by atoms with E-state index in [1.165, 1.54) is 0 Å². The molecule has 0 spiro atoms. The zero-order chi connectivity index (χ0) is 6.69. The number of hydrazine groups is 2. The molecule has 0 saturated carbocycles. The summed E-state index contributed by atoms with van der Waals surface area (Å²) in [5.41, 5.74) is 12.2. The van der Waals surface area contributed by atoms with Crippen molar-refractivity contribution in [1.29, 1.82) is 0 Å². The molecule has 0 fully saturated rings. The summed E-state index contributed by atoms with van der Waals surface area (Å²) >= 11 is 0. The lowest BCUT2D eigenvalue weighted by Gasteiger charge is -2.10. The van der Waals surface area contributed by atoms with Crippen molar-refractivity contribution in [3.63, 3.8) is 0 Å². The van der Waals surface area contributed by atoms with Crippen LogP contribution in [0.4, 0.5) is 0 Å². The van der Waals surface area contributed by atoms with E-state index in [4.69, 9.17) is 5.73 Å². The molecule has 0 unspecified atom stereocenters. The number of hydrogen-bond acceptors (Lipinski definition) is 4. The van der Waals surface area contributed by atoms with Crippen LogP contribution >= 0.6 is 0 Å². The molecule has 0 amide bonds. The van der Waals surface area contributed by atoms with Gasteiger partial charge in [-0.05, 0) is 6.92 Å². The van der Waals surface area contributed by atoms with E-state index in [9.17, 15) is 0 Å². The van der Waals surface area contributed by atoms with E-state index in [1.54, 1.807) is 0 Å². The summed E-state index contributed by atoms with van der Waals surface area (Å²) in [5, 5.41) is 1.93. The summed E-state index contributed by atoms with van der Waals surface area (Å²) < 4.78 is 0. The van der Waals surface area contributed by atoms with Gasteiger partial charge in [-0.1, -0.05) is 0 Å². The van der Waals surface area contributed by atoms with Gasteiger partial charge in [0.2, 0.25) is 0 Å². The molecule has 1 aliphatic rings. The van der Waals surface area contributed by atoms with Gasteiger partial charge < -0.3 is 11.2 Å². The quantitative estimate of drug-likeness (QED) is 0.452. The highest BCUT2D eigenvalue weighted by Crippen LogP contribution is 1.94. The molecule has 0 aromatic heterocycles. The molecule has 0 aliphatic carbocycles. The van der Waals surface area contributed by atoms with Crippen molar-refractivity contribution in [3.8, 4) is 0 Å². The van der Waals surface area contributed by atoms with Crippen LogP contribution in [-0.4, -0.2) is 18.1 Å². The number of rotatable bonds is 2. The zero-order valence-electron chi connectivity index (χ0n) is 5.52. The van der Waals surface area contributed by atoms with Crippen LogP contribution in [-0.2, 0) is 0 Å². The SMILES string of the molecule is CCN1C=C(CN)NN1. The Morgan fingerprint density at radius 3 is 2.89 bits per heavy atom. The third-order valence-electron chi connectivity index (χ3n) is 1.23. The maximum absolute atomic E-state index is 5.35. The molecule has 1 rings (SSSR count). The summed E-state index contributed by atoms with van der Waals surface area (Å²) in [6.07, 6.45) is 1.96. The molecule has 0 radical (unpaired) electrons. The second-order valence-corrected chi connectivity index (χ2v) is 1.88. The first-order valence-electron chi connectivity index (χ1n) is 3.06. The Bertz CT molecular complexity index is 120. The zero-order valence-corrected chi connectivity index (χ0v) is 5.52. The van der Waals surface area contributed by atoms with E-state index >= 15 is 0 Å². The molecule has 9 heavy (non-hydrogen) atoms. The van der Waals surface area contributed by atoms with Crippen molar-refractivity contribution in [1.82, 2.24) is 16.0 Å². The van der Waals surface area contributed by atoms with Crippen molar-refractivity contribution in [2.45, 2.75) is 6.92 Å². The second-order valence-electron chi connectivity index (χ2n) is 1.88. The third-order valence-corrected chi connectivity index (χ3v) is 1.23. The van der Waals surface area contributed by atoms with Crippen LogP contribution in [0.25, 0.3) is 0 Å². The lowest BCUT2D eigenvalue weighted by Crippen LogP contribution is -2.36. The Balaban J connectivity index is 2.40. The van der Waals surface area contributed by atoms with Gasteiger partial charge in [-0.2, -0.15) is 0 Å². The maximum atomic E-state index is 5.35. The van der Waals surface area contributed by atoms with Gasteiger partial charge in [0.05, 0.1) is 5.70 Å². The fourth-order valence-electron chi connectivity index (χ4n) is 0.670. The summed E-state index contributed by atoms with van der Waals surface area (Å²) in [6, 6.07) is 0. The highest BCUT2D eigenvalue weighted by Gasteiger charge is 2.05. The van der Waals surface area contributed by atoms with Crippen molar-refractivity contribution in [2.24, 2.45) is 5.73 Å². The van der Waals surface area contributed by atoms with Crippen LogP contribution in [0.15, 0.2) is 11.9 Å². The lowest BCUT2D eigenvalue weighted by atomic mass is 10.5.